The van der Waals surface area contributed by atoms with Gasteiger partial charge in [-0.1, -0.05) is 6.07 Å². The molecule has 0 saturated heterocycles. The van der Waals surface area contributed by atoms with E-state index >= 15 is 0 Å². The Labute approximate surface area is 110 Å². The lowest BCUT2D eigenvalue weighted by atomic mass is 10.2. The maximum Gasteiger partial charge on any atom is 0.252 e. The molecule has 0 heterocycles. The third-order valence-corrected chi connectivity index (χ3v) is 4.50. The van der Waals surface area contributed by atoms with Gasteiger partial charge < -0.3 is 5.73 Å². The monoisotopic (exact) mass is 296 g/mol. The Bertz CT molecular complexity index is 535. The summed E-state index contributed by atoms with van der Waals surface area (Å²) in [5, 5.41) is 0. The molecule has 8 heteroatoms. The Kier molecular flexibility index (Phi) is 5.33. The number of nitrogens with zero attached hydrogens (tertiary/aromatic N) is 1. The maximum atomic E-state index is 13.1. The fourth-order valence-corrected chi connectivity index (χ4v) is 3.27. The van der Waals surface area contributed by atoms with Gasteiger partial charge in [-0.3, -0.25) is 0 Å². The van der Waals surface area contributed by atoms with E-state index in [0.29, 0.717) is 4.31 Å². The Balaban J connectivity index is 3.22. The Hall–Kier alpha value is -1.12. The van der Waals surface area contributed by atoms with Gasteiger partial charge in [0.1, 0.15) is 5.82 Å². The minimum Gasteiger partial charge on any atom is -0.329 e. The molecule has 0 atom stereocenters. The van der Waals surface area contributed by atoms with Gasteiger partial charge in [0.15, 0.2) is 0 Å². The molecule has 1 aromatic carbocycles. The second-order valence-corrected chi connectivity index (χ2v) is 5.86. The van der Waals surface area contributed by atoms with Crippen molar-refractivity contribution in [1.82, 2.24) is 4.31 Å². The van der Waals surface area contributed by atoms with Crippen molar-refractivity contribution in [3.63, 3.8) is 0 Å². The fourth-order valence-electron chi connectivity index (χ4n) is 1.60. The van der Waals surface area contributed by atoms with Crippen molar-refractivity contribution >= 4 is 10.0 Å². The molecule has 1 rings (SSSR count). The van der Waals surface area contributed by atoms with Crippen LogP contribution < -0.4 is 5.73 Å². The molecule has 2 N–H and O–H groups in total. The molecule has 0 aromatic heterocycles. The molecule has 0 bridgehead atoms. The number of benzene rings is 1. The summed E-state index contributed by atoms with van der Waals surface area (Å²) in [6.07, 6.45) is -2.82. The van der Waals surface area contributed by atoms with E-state index in [9.17, 15) is 21.6 Å². The van der Waals surface area contributed by atoms with Gasteiger partial charge in [0.25, 0.3) is 6.43 Å². The summed E-state index contributed by atoms with van der Waals surface area (Å²) in [4.78, 5) is -0.318. The van der Waals surface area contributed by atoms with Gasteiger partial charge in [-0.15, -0.1) is 0 Å². The second-order valence-electron chi connectivity index (χ2n) is 3.95. The molecule has 0 unspecified atom stereocenters. The van der Waals surface area contributed by atoms with Crippen molar-refractivity contribution in [3.05, 3.63) is 29.6 Å². The van der Waals surface area contributed by atoms with Gasteiger partial charge >= 0.3 is 0 Å². The summed E-state index contributed by atoms with van der Waals surface area (Å²) >= 11 is 0. The lowest BCUT2D eigenvalue weighted by Crippen LogP contribution is -2.38. The zero-order valence-electron chi connectivity index (χ0n) is 10.3. The fraction of sp³-hybridized carbons (Fsp3) is 0.455. The van der Waals surface area contributed by atoms with Crippen LogP contribution in [0.1, 0.15) is 5.56 Å². The third-order valence-electron chi connectivity index (χ3n) is 2.49. The predicted octanol–water partition coefficient (Wildman–Crippen LogP) is 1.35. The van der Waals surface area contributed by atoms with E-state index in [-0.39, 0.29) is 23.5 Å². The first kappa shape index (κ1) is 15.9. The van der Waals surface area contributed by atoms with E-state index in [2.05, 4.69) is 0 Å². The largest absolute Gasteiger partial charge is 0.329 e. The number of sulfonamides is 1. The van der Waals surface area contributed by atoms with E-state index in [1.54, 1.807) is 0 Å². The predicted molar refractivity (Wildman–Crippen MR) is 65.0 cm³/mol. The maximum absolute atomic E-state index is 13.1. The highest BCUT2D eigenvalue weighted by Gasteiger charge is 2.28. The van der Waals surface area contributed by atoms with Crippen LogP contribution in [0.4, 0.5) is 13.2 Å². The summed E-state index contributed by atoms with van der Waals surface area (Å²) in [5.41, 5.74) is 5.51. The van der Waals surface area contributed by atoms with Crippen LogP contribution in [0.2, 0.25) is 0 Å². The molecule has 0 aliphatic carbocycles. The average molecular weight is 296 g/mol. The van der Waals surface area contributed by atoms with Crippen LogP contribution in [0.15, 0.2) is 23.1 Å². The Morgan fingerprint density at radius 3 is 2.53 bits per heavy atom. The highest BCUT2D eigenvalue weighted by Crippen LogP contribution is 2.21. The van der Waals surface area contributed by atoms with Crippen molar-refractivity contribution in [1.29, 1.82) is 0 Å². The average Bonchev–Trinajstić information content (AvgIpc) is 2.31. The van der Waals surface area contributed by atoms with E-state index in [1.165, 1.54) is 13.0 Å². The molecular weight excluding hydrogens is 281 g/mol. The number of alkyl halides is 2. The lowest BCUT2D eigenvalue weighted by molar-refractivity contribution is 0.120. The molecule has 4 nitrogen and oxygen atoms in total. The van der Waals surface area contributed by atoms with Crippen LogP contribution in [-0.4, -0.2) is 38.8 Å². The molecule has 0 radical (unpaired) electrons. The first-order chi connectivity index (χ1) is 8.78. The number of rotatable bonds is 6. The van der Waals surface area contributed by atoms with Crippen molar-refractivity contribution in [2.45, 2.75) is 18.2 Å². The number of hydrogen-bond acceptors (Lipinski definition) is 3. The van der Waals surface area contributed by atoms with Crippen molar-refractivity contribution in [3.8, 4) is 0 Å². The normalized spacial score (nSPS) is 12.4. The zero-order valence-corrected chi connectivity index (χ0v) is 11.1. The van der Waals surface area contributed by atoms with E-state index < -0.39 is 28.8 Å². The topological polar surface area (TPSA) is 63.4 Å². The van der Waals surface area contributed by atoms with Crippen LogP contribution in [0.3, 0.4) is 0 Å². The number of nitrogens with two attached hydrogens (primary N) is 1. The SMILES string of the molecule is Cc1ccc(F)cc1S(=O)(=O)N(CCN)CC(F)F. The molecule has 0 spiro atoms. The van der Waals surface area contributed by atoms with Gasteiger partial charge in [0.2, 0.25) is 10.0 Å². The van der Waals surface area contributed by atoms with Crippen LogP contribution in [0.5, 0.6) is 0 Å². The Morgan fingerprint density at radius 2 is 2.00 bits per heavy atom. The summed E-state index contributed by atoms with van der Waals surface area (Å²) in [5.74, 6) is -0.742. The molecule has 0 amide bonds. The van der Waals surface area contributed by atoms with Gasteiger partial charge in [0, 0.05) is 13.1 Å². The molecule has 19 heavy (non-hydrogen) atoms. The third kappa shape index (κ3) is 3.92. The number of hydrogen-bond donors (Lipinski definition) is 1. The summed E-state index contributed by atoms with van der Waals surface area (Å²) < 4.78 is 62.9. The van der Waals surface area contributed by atoms with Gasteiger partial charge in [0.05, 0.1) is 11.4 Å². The summed E-state index contributed by atoms with van der Waals surface area (Å²) in [7, 11) is -4.18. The first-order valence-corrected chi connectivity index (χ1v) is 6.97. The van der Waals surface area contributed by atoms with Gasteiger partial charge in [-0.2, -0.15) is 4.31 Å². The standard InChI is InChI=1S/C11H15F3N2O2S/c1-8-2-3-9(12)6-10(8)19(17,18)16(5-4-15)7-11(13)14/h2-3,6,11H,4-5,7,15H2,1H3. The van der Waals surface area contributed by atoms with Gasteiger partial charge in [-0.25, -0.2) is 21.6 Å². The van der Waals surface area contributed by atoms with Crippen molar-refractivity contribution in [2.75, 3.05) is 19.6 Å². The second kappa shape index (κ2) is 6.36. The number of aryl methyl sites for hydroxylation is 1. The molecular formula is C11H15F3N2O2S. The minimum atomic E-state index is -4.18. The van der Waals surface area contributed by atoms with Crippen LogP contribution in [0.25, 0.3) is 0 Å². The van der Waals surface area contributed by atoms with Crippen LogP contribution >= 0.6 is 0 Å². The van der Waals surface area contributed by atoms with E-state index in [4.69, 9.17) is 5.73 Å². The Morgan fingerprint density at radius 1 is 1.37 bits per heavy atom. The first-order valence-electron chi connectivity index (χ1n) is 5.53. The molecule has 108 valence electrons. The molecule has 0 aliphatic rings. The number of halogens is 3. The highest BCUT2D eigenvalue weighted by atomic mass is 32.2. The van der Waals surface area contributed by atoms with Gasteiger partial charge in [-0.05, 0) is 24.6 Å². The summed E-state index contributed by atoms with van der Waals surface area (Å²) in [6, 6.07) is 3.21. The minimum absolute atomic E-state index is 0.0969. The molecule has 0 aliphatic heterocycles. The zero-order chi connectivity index (χ0) is 14.6. The molecule has 0 saturated carbocycles. The quantitative estimate of drug-likeness (QED) is 0.862. The van der Waals surface area contributed by atoms with E-state index in [1.807, 2.05) is 0 Å². The van der Waals surface area contributed by atoms with Crippen LogP contribution in [-0.2, 0) is 10.0 Å². The highest BCUT2D eigenvalue weighted by molar-refractivity contribution is 7.89. The van der Waals surface area contributed by atoms with Crippen molar-refractivity contribution < 1.29 is 21.6 Å². The molecule has 0 fully saturated rings. The summed E-state index contributed by atoms with van der Waals surface area (Å²) in [6.45, 7) is 0.160. The van der Waals surface area contributed by atoms with Crippen molar-refractivity contribution in [2.24, 2.45) is 5.73 Å². The molecule has 1 aromatic rings. The van der Waals surface area contributed by atoms with E-state index in [0.717, 1.165) is 12.1 Å². The van der Waals surface area contributed by atoms with Crippen LogP contribution in [0, 0.1) is 12.7 Å². The lowest BCUT2D eigenvalue weighted by Gasteiger charge is -2.22. The smallest absolute Gasteiger partial charge is 0.252 e.